The molecule has 2 heterocycles. The van der Waals surface area contributed by atoms with Gasteiger partial charge in [-0.25, -0.2) is 0 Å². The first-order valence-electron chi connectivity index (χ1n) is 6.08. The van der Waals surface area contributed by atoms with Crippen LogP contribution in [0.5, 0.6) is 0 Å². The maximum atomic E-state index is 5.88. The number of aromatic nitrogens is 2. The Morgan fingerprint density at radius 2 is 2.11 bits per heavy atom. The van der Waals surface area contributed by atoms with E-state index >= 15 is 0 Å². The zero-order chi connectivity index (χ0) is 12.5. The van der Waals surface area contributed by atoms with Crippen molar-refractivity contribution >= 4 is 5.69 Å². The fourth-order valence-corrected chi connectivity index (χ4v) is 2.16. The Morgan fingerprint density at radius 3 is 2.83 bits per heavy atom. The van der Waals surface area contributed by atoms with Gasteiger partial charge in [0.1, 0.15) is 6.10 Å². The van der Waals surface area contributed by atoms with Crippen LogP contribution in [0.15, 0.2) is 28.8 Å². The van der Waals surface area contributed by atoms with Gasteiger partial charge >= 0.3 is 0 Å². The number of nitrogen functional groups attached to an aromatic ring is 1. The maximum Gasteiger partial charge on any atom is 0.256 e. The average Bonchev–Trinajstić information content (AvgIpc) is 2.98. The SMILES string of the molecule is CC1CCC(c2nc(-c3ccccc3N)no2)O1. The third-order valence-electron chi connectivity index (χ3n) is 3.15. The molecule has 1 saturated heterocycles. The first kappa shape index (κ1) is 11.2. The molecular formula is C13H15N3O2. The van der Waals surface area contributed by atoms with E-state index in [0.717, 1.165) is 18.4 Å². The lowest BCUT2D eigenvalue weighted by molar-refractivity contribution is 0.0355. The standard InChI is InChI=1S/C13H15N3O2/c1-8-6-7-11(17-8)13-15-12(16-18-13)9-4-2-3-5-10(9)14/h2-5,8,11H,6-7,14H2,1H3. The lowest BCUT2D eigenvalue weighted by Crippen LogP contribution is -2.01. The molecule has 1 aromatic heterocycles. The number of nitrogens with zero attached hydrogens (tertiary/aromatic N) is 2. The monoisotopic (exact) mass is 245 g/mol. The highest BCUT2D eigenvalue weighted by Gasteiger charge is 2.28. The molecule has 18 heavy (non-hydrogen) atoms. The molecule has 1 aliphatic heterocycles. The molecule has 0 amide bonds. The van der Waals surface area contributed by atoms with Crippen molar-refractivity contribution in [3.8, 4) is 11.4 Å². The largest absolute Gasteiger partial charge is 0.398 e. The van der Waals surface area contributed by atoms with Crippen LogP contribution >= 0.6 is 0 Å². The lowest BCUT2D eigenvalue weighted by atomic mass is 10.1. The molecule has 1 aromatic carbocycles. The maximum absolute atomic E-state index is 5.88. The minimum atomic E-state index is -0.0776. The molecule has 94 valence electrons. The van der Waals surface area contributed by atoms with Gasteiger partial charge in [-0.15, -0.1) is 0 Å². The van der Waals surface area contributed by atoms with E-state index in [1.54, 1.807) is 0 Å². The highest BCUT2D eigenvalue weighted by molar-refractivity contribution is 5.70. The zero-order valence-electron chi connectivity index (χ0n) is 10.2. The van der Waals surface area contributed by atoms with Crippen LogP contribution in [0.2, 0.25) is 0 Å². The van der Waals surface area contributed by atoms with Crippen LogP contribution in [-0.4, -0.2) is 16.2 Å². The van der Waals surface area contributed by atoms with Gasteiger partial charge < -0.3 is 15.0 Å². The Morgan fingerprint density at radius 1 is 1.28 bits per heavy atom. The number of nitrogens with two attached hydrogens (primary N) is 1. The van der Waals surface area contributed by atoms with Gasteiger partial charge in [0.2, 0.25) is 5.82 Å². The fraction of sp³-hybridized carbons (Fsp3) is 0.385. The molecule has 2 aromatic rings. The van der Waals surface area contributed by atoms with Crippen molar-refractivity contribution in [1.29, 1.82) is 0 Å². The quantitative estimate of drug-likeness (QED) is 0.823. The Labute approximate surface area is 105 Å². The molecule has 2 N–H and O–H groups in total. The van der Waals surface area contributed by atoms with E-state index in [2.05, 4.69) is 10.1 Å². The van der Waals surface area contributed by atoms with Crippen molar-refractivity contribution in [2.45, 2.75) is 32.0 Å². The first-order chi connectivity index (χ1) is 8.74. The van der Waals surface area contributed by atoms with Gasteiger partial charge in [-0.3, -0.25) is 0 Å². The second-order valence-corrected chi connectivity index (χ2v) is 4.56. The van der Waals surface area contributed by atoms with Crippen molar-refractivity contribution in [3.63, 3.8) is 0 Å². The Hall–Kier alpha value is -1.88. The smallest absolute Gasteiger partial charge is 0.256 e. The van der Waals surface area contributed by atoms with E-state index in [0.29, 0.717) is 17.4 Å². The van der Waals surface area contributed by atoms with E-state index < -0.39 is 0 Å². The van der Waals surface area contributed by atoms with Crippen LogP contribution in [0.4, 0.5) is 5.69 Å². The number of anilines is 1. The number of rotatable bonds is 2. The Bertz CT molecular complexity index is 553. The van der Waals surface area contributed by atoms with Crippen LogP contribution in [0.3, 0.4) is 0 Å². The second-order valence-electron chi connectivity index (χ2n) is 4.56. The molecular weight excluding hydrogens is 230 g/mol. The summed E-state index contributed by atoms with van der Waals surface area (Å²) in [5, 5.41) is 3.97. The third kappa shape index (κ3) is 1.97. The van der Waals surface area contributed by atoms with E-state index in [4.69, 9.17) is 15.0 Å². The topological polar surface area (TPSA) is 74.2 Å². The summed E-state index contributed by atoms with van der Waals surface area (Å²) in [6, 6.07) is 7.47. The van der Waals surface area contributed by atoms with E-state index in [1.165, 1.54) is 0 Å². The normalized spacial score (nSPS) is 23.4. The first-order valence-corrected chi connectivity index (χ1v) is 6.08. The molecule has 2 unspecified atom stereocenters. The lowest BCUT2D eigenvalue weighted by Gasteiger charge is -2.04. The van der Waals surface area contributed by atoms with Crippen LogP contribution in [0, 0.1) is 0 Å². The summed E-state index contributed by atoms with van der Waals surface area (Å²) in [4.78, 5) is 4.38. The number of para-hydroxylation sites is 1. The molecule has 0 aliphatic carbocycles. The number of hydrogen-bond donors (Lipinski definition) is 1. The van der Waals surface area contributed by atoms with E-state index in [-0.39, 0.29) is 12.2 Å². The highest BCUT2D eigenvalue weighted by atomic mass is 16.5. The minimum absolute atomic E-state index is 0.0776. The molecule has 2 atom stereocenters. The van der Waals surface area contributed by atoms with Crippen molar-refractivity contribution in [2.75, 3.05) is 5.73 Å². The van der Waals surface area contributed by atoms with Crippen LogP contribution < -0.4 is 5.73 Å². The third-order valence-corrected chi connectivity index (χ3v) is 3.15. The van der Waals surface area contributed by atoms with Gasteiger partial charge in [0.15, 0.2) is 0 Å². The predicted octanol–water partition coefficient (Wildman–Crippen LogP) is 2.56. The molecule has 1 fully saturated rings. The van der Waals surface area contributed by atoms with Crippen molar-refractivity contribution in [1.82, 2.24) is 10.1 Å². The van der Waals surface area contributed by atoms with Crippen LogP contribution in [-0.2, 0) is 4.74 Å². The summed E-state index contributed by atoms with van der Waals surface area (Å²) in [7, 11) is 0. The molecule has 5 nitrogen and oxygen atoms in total. The van der Waals surface area contributed by atoms with Gasteiger partial charge in [-0.2, -0.15) is 4.98 Å². The molecule has 0 saturated carbocycles. The molecule has 5 heteroatoms. The summed E-state index contributed by atoms with van der Waals surface area (Å²) in [5.74, 6) is 1.06. The van der Waals surface area contributed by atoms with E-state index in [9.17, 15) is 0 Å². The average molecular weight is 245 g/mol. The van der Waals surface area contributed by atoms with Gasteiger partial charge in [0, 0.05) is 11.3 Å². The highest BCUT2D eigenvalue weighted by Crippen LogP contribution is 2.33. The minimum Gasteiger partial charge on any atom is -0.398 e. The second kappa shape index (κ2) is 4.42. The summed E-state index contributed by atoms with van der Waals surface area (Å²) >= 11 is 0. The van der Waals surface area contributed by atoms with Crippen molar-refractivity contribution in [2.24, 2.45) is 0 Å². The predicted molar refractivity (Wildman–Crippen MR) is 66.7 cm³/mol. The van der Waals surface area contributed by atoms with Crippen LogP contribution in [0.1, 0.15) is 31.8 Å². The Kier molecular flexibility index (Phi) is 2.76. The number of ether oxygens (including phenoxy) is 1. The summed E-state index contributed by atoms with van der Waals surface area (Å²) < 4.78 is 11.0. The zero-order valence-corrected chi connectivity index (χ0v) is 10.2. The Balaban J connectivity index is 1.88. The van der Waals surface area contributed by atoms with Crippen molar-refractivity contribution < 1.29 is 9.26 Å². The summed E-state index contributed by atoms with van der Waals surface area (Å²) in [6.07, 6.45) is 2.13. The van der Waals surface area contributed by atoms with Gasteiger partial charge in [0.25, 0.3) is 5.89 Å². The fourth-order valence-electron chi connectivity index (χ4n) is 2.16. The van der Waals surface area contributed by atoms with Gasteiger partial charge in [-0.1, -0.05) is 17.3 Å². The van der Waals surface area contributed by atoms with Crippen molar-refractivity contribution in [3.05, 3.63) is 30.2 Å². The summed E-state index contributed by atoms with van der Waals surface area (Å²) in [5.41, 5.74) is 7.32. The molecule has 0 bridgehead atoms. The number of benzene rings is 1. The molecule has 3 rings (SSSR count). The van der Waals surface area contributed by atoms with E-state index in [1.807, 2.05) is 31.2 Å². The van der Waals surface area contributed by atoms with Crippen LogP contribution in [0.25, 0.3) is 11.4 Å². The molecule has 1 aliphatic rings. The number of hydrogen-bond acceptors (Lipinski definition) is 5. The van der Waals surface area contributed by atoms with Gasteiger partial charge in [0.05, 0.1) is 6.10 Å². The summed E-state index contributed by atoms with van der Waals surface area (Å²) in [6.45, 7) is 2.05. The van der Waals surface area contributed by atoms with Gasteiger partial charge in [-0.05, 0) is 31.9 Å². The molecule has 0 spiro atoms. The molecule has 0 radical (unpaired) electrons.